The molecule has 0 bridgehead atoms. The molecule has 2 aromatic heterocycles. The van der Waals surface area contributed by atoms with Gasteiger partial charge in [0.1, 0.15) is 12.1 Å². The van der Waals surface area contributed by atoms with E-state index < -0.39 is 11.7 Å². The highest BCUT2D eigenvalue weighted by Crippen LogP contribution is 2.29. The van der Waals surface area contributed by atoms with E-state index >= 15 is 0 Å². The number of rotatable bonds is 4. The number of halogens is 3. The van der Waals surface area contributed by atoms with Gasteiger partial charge in [-0.3, -0.25) is 9.89 Å². The number of ether oxygens (including phenoxy) is 1. The number of aromatic nitrogens is 3. The number of nitrogens with zero attached hydrogens (tertiary/aromatic N) is 2. The number of alkyl halides is 3. The highest BCUT2D eigenvalue weighted by atomic mass is 19.4. The standard InChI is InChI=1S/C20H16F3N3O2/c1-28-11-10-25-12-13-4-2-3-5-16(13)17-18(25)19(27)26(24-17)15-8-6-14(7-9-15)20(21,22)23/h2-9,12H,10-11H2,1H3/p+1. The molecule has 0 aliphatic heterocycles. The van der Waals surface area contributed by atoms with E-state index in [9.17, 15) is 18.0 Å². The molecule has 0 radical (unpaired) electrons. The number of methoxy groups -OCH3 is 1. The second kappa shape index (κ2) is 6.79. The van der Waals surface area contributed by atoms with Crippen molar-refractivity contribution in [3.05, 3.63) is 70.6 Å². The van der Waals surface area contributed by atoms with E-state index in [-0.39, 0.29) is 5.56 Å². The third-order valence-corrected chi connectivity index (χ3v) is 4.67. The van der Waals surface area contributed by atoms with Gasteiger partial charge in [0.25, 0.3) is 5.52 Å². The van der Waals surface area contributed by atoms with Crippen molar-refractivity contribution in [2.45, 2.75) is 12.7 Å². The molecule has 2 heterocycles. The van der Waals surface area contributed by atoms with Crippen LogP contribution in [0.25, 0.3) is 27.5 Å². The number of pyridine rings is 1. The fourth-order valence-corrected chi connectivity index (χ4v) is 3.30. The van der Waals surface area contributed by atoms with Crippen molar-refractivity contribution in [1.82, 2.24) is 9.78 Å². The molecule has 1 N–H and O–H groups in total. The molecule has 4 aromatic rings. The van der Waals surface area contributed by atoms with Gasteiger partial charge >= 0.3 is 11.7 Å². The van der Waals surface area contributed by atoms with Crippen LogP contribution in [-0.4, -0.2) is 23.5 Å². The third kappa shape index (κ3) is 3.05. The SMILES string of the molecule is COCC[n+]1cc2ccccc2c2[nH]n(-c3ccc(C(F)(F)F)cc3)c(=O)c21. The van der Waals surface area contributed by atoms with E-state index in [1.807, 2.05) is 30.5 Å². The Morgan fingerprint density at radius 2 is 1.82 bits per heavy atom. The van der Waals surface area contributed by atoms with Gasteiger partial charge in [0.2, 0.25) is 0 Å². The van der Waals surface area contributed by atoms with Gasteiger partial charge < -0.3 is 4.74 Å². The van der Waals surface area contributed by atoms with Crippen LogP contribution in [0.4, 0.5) is 13.2 Å². The summed E-state index contributed by atoms with van der Waals surface area (Å²) in [5, 5.41) is 4.85. The van der Waals surface area contributed by atoms with E-state index in [4.69, 9.17) is 4.74 Å². The summed E-state index contributed by atoms with van der Waals surface area (Å²) in [7, 11) is 1.58. The maximum Gasteiger partial charge on any atom is 0.416 e. The van der Waals surface area contributed by atoms with Crippen LogP contribution < -0.4 is 10.1 Å². The summed E-state index contributed by atoms with van der Waals surface area (Å²) < 4.78 is 46.7. The maximum absolute atomic E-state index is 13.1. The Kier molecular flexibility index (Phi) is 4.43. The molecular weight excluding hydrogens is 371 g/mol. The molecular formula is C20H17F3N3O2+. The minimum atomic E-state index is -4.43. The van der Waals surface area contributed by atoms with Crippen LogP contribution >= 0.6 is 0 Å². The predicted molar refractivity (Wildman–Crippen MR) is 98.5 cm³/mol. The Bertz CT molecular complexity index is 1210. The fraction of sp³-hybridized carbons (Fsp3) is 0.200. The molecule has 2 aromatic carbocycles. The molecule has 0 fully saturated rings. The van der Waals surface area contributed by atoms with E-state index in [1.165, 1.54) is 16.8 Å². The first-order valence-corrected chi connectivity index (χ1v) is 8.62. The van der Waals surface area contributed by atoms with E-state index in [1.54, 1.807) is 11.7 Å². The molecule has 5 nitrogen and oxygen atoms in total. The molecule has 4 rings (SSSR count). The van der Waals surface area contributed by atoms with Gasteiger partial charge in [0, 0.05) is 17.9 Å². The lowest BCUT2D eigenvalue weighted by atomic mass is 10.1. The summed E-state index contributed by atoms with van der Waals surface area (Å²) in [5.74, 6) is 0. The van der Waals surface area contributed by atoms with Crippen LogP contribution in [0.15, 0.2) is 59.5 Å². The van der Waals surface area contributed by atoms with Crippen LogP contribution in [-0.2, 0) is 17.5 Å². The monoisotopic (exact) mass is 388 g/mol. The van der Waals surface area contributed by atoms with Crippen molar-refractivity contribution in [2.75, 3.05) is 13.7 Å². The normalized spacial score (nSPS) is 12.1. The van der Waals surface area contributed by atoms with Crippen LogP contribution in [0, 0.1) is 0 Å². The van der Waals surface area contributed by atoms with Gasteiger partial charge in [0.15, 0.2) is 12.7 Å². The molecule has 8 heteroatoms. The van der Waals surface area contributed by atoms with Crippen LogP contribution in [0.2, 0.25) is 0 Å². The minimum Gasteiger partial charge on any atom is -0.378 e. The van der Waals surface area contributed by atoms with Crippen LogP contribution in [0.1, 0.15) is 5.56 Å². The summed E-state index contributed by atoms with van der Waals surface area (Å²) in [6, 6.07) is 12.1. The minimum absolute atomic E-state index is 0.330. The Hall–Kier alpha value is -3.13. The Morgan fingerprint density at radius 3 is 2.50 bits per heavy atom. The summed E-state index contributed by atoms with van der Waals surface area (Å²) in [6.07, 6.45) is -2.55. The number of nitrogens with one attached hydrogen (secondary N) is 1. The number of aromatic amines is 1. The summed E-state index contributed by atoms with van der Waals surface area (Å²) in [6.45, 7) is 0.890. The topological polar surface area (TPSA) is 50.9 Å². The van der Waals surface area contributed by atoms with Crippen LogP contribution in [0.3, 0.4) is 0 Å². The van der Waals surface area contributed by atoms with E-state index in [0.717, 1.165) is 22.9 Å². The largest absolute Gasteiger partial charge is 0.416 e. The number of hydrogen-bond acceptors (Lipinski definition) is 2. The second-order valence-corrected chi connectivity index (χ2v) is 6.42. The van der Waals surface area contributed by atoms with Crippen molar-refractivity contribution in [3.63, 3.8) is 0 Å². The summed E-state index contributed by atoms with van der Waals surface area (Å²) in [4.78, 5) is 13.1. The summed E-state index contributed by atoms with van der Waals surface area (Å²) >= 11 is 0. The lowest BCUT2D eigenvalue weighted by molar-refractivity contribution is -0.672. The molecule has 28 heavy (non-hydrogen) atoms. The van der Waals surface area contributed by atoms with E-state index in [0.29, 0.717) is 29.9 Å². The summed E-state index contributed by atoms with van der Waals surface area (Å²) in [5.41, 5.74) is 0.295. The van der Waals surface area contributed by atoms with Crippen molar-refractivity contribution < 1.29 is 22.5 Å². The van der Waals surface area contributed by atoms with Gasteiger partial charge in [0.05, 0.1) is 11.3 Å². The number of H-pyrrole nitrogens is 1. The maximum atomic E-state index is 13.1. The number of hydrogen-bond donors (Lipinski definition) is 1. The third-order valence-electron chi connectivity index (χ3n) is 4.67. The van der Waals surface area contributed by atoms with Crippen molar-refractivity contribution in [2.24, 2.45) is 0 Å². The molecule has 0 unspecified atom stereocenters. The molecule has 0 spiro atoms. The quantitative estimate of drug-likeness (QED) is 0.545. The molecule has 144 valence electrons. The fourth-order valence-electron chi connectivity index (χ4n) is 3.30. The molecule has 0 amide bonds. The van der Waals surface area contributed by atoms with Crippen molar-refractivity contribution in [3.8, 4) is 5.69 Å². The lowest BCUT2D eigenvalue weighted by Gasteiger charge is -2.07. The number of fused-ring (bicyclic) bond motifs is 3. The van der Waals surface area contributed by atoms with Gasteiger partial charge in [-0.1, -0.05) is 18.2 Å². The van der Waals surface area contributed by atoms with Gasteiger partial charge in [-0.15, -0.1) is 0 Å². The first-order chi connectivity index (χ1) is 13.4. The smallest absolute Gasteiger partial charge is 0.378 e. The molecule has 0 aliphatic rings. The number of benzene rings is 2. The van der Waals surface area contributed by atoms with Crippen molar-refractivity contribution in [1.29, 1.82) is 0 Å². The zero-order chi connectivity index (χ0) is 19.9. The average molecular weight is 388 g/mol. The van der Waals surface area contributed by atoms with E-state index in [2.05, 4.69) is 5.10 Å². The zero-order valence-corrected chi connectivity index (χ0v) is 15.0. The molecule has 0 saturated carbocycles. The first-order valence-electron chi connectivity index (χ1n) is 8.62. The van der Waals surface area contributed by atoms with Gasteiger partial charge in [-0.05, 0) is 30.3 Å². The molecule has 0 atom stereocenters. The second-order valence-electron chi connectivity index (χ2n) is 6.42. The molecule has 0 saturated heterocycles. The Balaban J connectivity index is 1.94. The van der Waals surface area contributed by atoms with Gasteiger partial charge in [-0.2, -0.15) is 17.7 Å². The zero-order valence-electron chi connectivity index (χ0n) is 15.0. The van der Waals surface area contributed by atoms with Crippen LogP contribution in [0.5, 0.6) is 0 Å². The average Bonchev–Trinajstić information content (AvgIpc) is 3.03. The molecule has 0 aliphatic carbocycles. The Labute approximate surface area is 157 Å². The highest BCUT2D eigenvalue weighted by molar-refractivity contribution is 6.01. The Morgan fingerprint density at radius 1 is 1.11 bits per heavy atom. The first kappa shape index (κ1) is 18.2. The lowest BCUT2D eigenvalue weighted by Crippen LogP contribution is -2.39. The van der Waals surface area contributed by atoms with Gasteiger partial charge in [-0.25, -0.2) is 4.68 Å². The van der Waals surface area contributed by atoms with Crippen molar-refractivity contribution >= 4 is 21.8 Å². The predicted octanol–water partition coefficient (Wildman–Crippen LogP) is 3.42. The highest BCUT2D eigenvalue weighted by Gasteiger charge is 2.30.